The van der Waals surface area contributed by atoms with Gasteiger partial charge >= 0.3 is 5.97 Å². The van der Waals surface area contributed by atoms with Gasteiger partial charge in [0.2, 0.25) is 5.91 Å². The molecule has 0 aliphatic carbocycles. The van der Waals surface area contributed by atoms with Crippen molar-refractivity contribution in [1.82, 2.24) is 14.8 Å². The molecule has 1 amide bonds. The van der Waals surface area contributed by atoms with Crippen molar-refractivity contribution in [2.45, 2.75) is 26.7 Å². The number of carbonyl (C=O) groups is 3. The largest absolute Gasteiger partial charge is 0.462 e. The molecule has 0 saturated carbocycles. The first-order valence-electron chi connectivity index (χ1n) is 10.5. The zero-order valence-corrected chi connectivity index (χ0v) is 19.0. The van der Waals surface area contributed by atoms with Gasteiger partial charge in [-0.2, -0.15) is 9.78 Å². The van der Waals surface area contributed by atoms with E-state index in [4.69, 9.17) is 4.74 Å². The molecule has 3 heterocycles. The van der Waals surface area contributed by atoms with Crippen LogP contribution in [0.2, 0.25) is 0 Å². The topological polar surface area (TPSA) is 103 Å². The predicted octanol–water partition coefficient (Wildman–Crippen LogP) is 4.57. The molecule has 33 heavy (non-hydrogen) atoms. The van der Waals surface area contributed by atoms with Crippen LogP contribution in [0.15, 0.2) is 54.0 Å². The molecule has 8 nitrogen and oxygen atoms in total. The first-order chi connectivity index (χ1) is 16.0. The Morgan fingerprint density at radius 3 is 2.70 bits per heavy atom. The lowest BCUT2D eigenvalue weighted by Gasteiger charge is -2.12. The van der Waals surface area contributed by atoms with Gasteiger partial charge in [0.15, 0.2) is 17.4 Å². The van der Waals surface area contributed by atoms with E-state index in [1.54, 1.807) is 19.1 Å². The molecule has 0 radical (unpaired) electrons. The summed E-state index contributed by atoms with van der Waals surface area (Å²) in [5, 5.41) is 9.85. The van der Waals surface area contributed by atoms with Crippen molar-refractivity contribution in [3.05, 3.63) is 70.0 Å². The first kappa shape index (κ1) is 22.3. The number of esters is 1. The van der Waals surface area contributed by atoms with Crippen molar-refractivity contribution >= 4 is 45.7 Å². The number of para-hydroxylation sites is 1. The van der Waals surface area contributed by atoms with Gasteiger partial charge in [-0.3, -0.25) is 9.59 Å². The number of ether oxygens (including phenoxy) is 1. The summed E-state index contributed by atoms with van der Waals surface area (Å²) in [5.74, 6) is -0.516. The maximum atomic E-state index is 12.7. The number of hydrogen-bond donors (Lipinski definition) is 1. The predicted molar refractivity (Wildman–Crippen MR) is 126 cm³/mol. The Bertz CT molecular complexity index is 1330. The molecule has 0 spiro atoms. The number of rotatable bonds is 8. The molecular formula is C24H22N4O4S. The number of benzene rings is 1. The zero-order valence-electron chi connectivity index (χ0n) is 18.2. The average Bonchev–Trinajstić information content (AvgIpc) is 3.48. The van der Waals surface area contributed by atoms with Gasteiger partial charge in [0.05, 0.1) is 23.2 Å². The number of fused-ring (bicyclic) bond motifs is 1. The number of aromatic nitrogens is 3. The molecule has 3 aromatic heterocycles. The fraction of sp³-hybridized carbons (Fsp3) is 0.208. The summed E-state index contributed by atoms with van der Waals surface area (Å²) in [6, 6.07) is 13.0. The van der Waals surface area contributed by atoms with Crippen molar-refractivity contribution in [2.75, 3.05) is 11.9 Å². The quantitative estimate of drug-likeness (QED) is 0.304. The van der Waals surface area contributed by atoms with Gasteiger partial charge < -0.3 is 10.1 Å². The van der Waals surface area contributed by atoms with Gasteiger partial charge in [0, 0.05) is 18.2 Å². The number of nitrogens with zero attached hydrogens (tertiary/aromatic N) is 3. The van der Waals surface area contributed by atoms with E-state index in [0.29, 0.717) is 10.7 Å². The van der Waals surface area contributed by atoms with Gasteiger partial charge in [0.1, 0.15) is 5.56 Å². The van der Waals surface area contributed by atoms with Crippen LogP contribution in [0.4, 0.5) is 5.82 Å². The van der Waals surface area contributed by atoms with Gasteiger partial charge in [0.25, 0.3) is 0 Å². The zero-order chi connectivity index (χ0) is 23.4. The third kappa shape index (κ3) is 4.83. The Kier molecular flexibility index (Phi) is 6.60. The molecule has 168 valence electrons. The molecule has 1 N–H and O–H groups in total. The minimum absolute atomic E-state index is 0.0334. The molecule has 9 heteroatoms. The van der Waals surface area contributed by atoms with Crippen LogP contribution in [0.1, 0.15) is 45.4 Å². The van der Waals surface area contributed by atoms with E-state index in [2.05, 4.69) is 15.4 Å². The van der Waals surface area contributed by atoms with E-state index >= 15 is 0 Å². The third-order valence-electron chi connectivity index (χ3n) is 5.02. The summed E-state index contributed by atoms with van der Waals surface area (Å²) >= 11 is 1.34. The lowest BCUT2D eigenvalue weighted by Crippen LogP contribution is -2.19. The van der Waals surface area contributed by atoms with E-state index in [1.807, 2.05) is 42.6 Å². The molecule has 0 fully saturated rings. The van der Waals surface area contributed by atoms with E-state index in [0.717, 1.165) is 16.5 Å². The van der Waals surface area contributed by atoms with Crippen molar-refractivity contribution < 1.29 is 19.1 Å². The number of carbonyl (C=O) groups excluding carboxylic acids is 3. The summed E-state index contributed by atoms with van der Waals surface area (Å²) in [6.07, 6.45) is 1.37. The molecule has 0 bridgehead atoms. The van der Waals surface area contributed by atoms with Crippen LogP contribution in [0.5, 0.6) is 0 Å². The monoisotopic (exact) mass is 462 g/mol. The highest BCUT2D eigenvalue weighted by Crippen LogP contribution is 2.25. The summed E-state index contributed by atoms with van der Waals surface area (Å²) in [7, 11) is 0. The first-order valence-corrected chi connectivity index (χ1v) is 11.3. The minimum Gasteiger partial charge on any atom is -0.462 e. The molecule has 0 aliphatic heterocycles. The summed E-state index contributed by atoms with van der Waals surface area (Å²) in [5.41, 5.74) is 1.85. The molecule has 0 aliphatic rings. The number of ketones is 1. The molecule has 0 unspecified atom stereocenters. The van der Waals surface area contributed by atoms with E-state index in [9.17, 15) is 14.4 Å². The second-order valence-electron chi connectivity index (χ2n) is 7.30. The van der Waals surface area contributed by atoms with Gasteiger partial charge in [-0.25, -0.2) is 9.78 Å². The van der Waals surface area contributed by atoms with Crippen molar-refractivity contribution in [1.29, 1.82) is 0 Å². The smallest absolute Gasteiger partial charge is 0.343 e. The lowest BCUT2D eigenvalue weighted by atomic mass is 10.1. The average molecular weight is 463 g/mol. The Morgan fingerprint density at radius 2 is 1.94 bits per heavy atom. The maximum Gasteiger partial charge on any atom is 0.343 e. The number of aryl methyl sites for hydroxylation is 1. The molecule has 0 saturated heterocycles. The van der Waals surface area contributed by atoms with Crippen LogP contribution in [0, 0.1) is 6.92 Å². The van der Waals surface area contributed by atoms with Gasteiger partial charge in [-0.1, -0.05) is 24.3 Å². The van der Waals surface area contributed by atoms with E-state index in [-0.39, 0.29) is 36.6 Å². The summed E-state index contributed by atoms with van der Waals surface area (Å²) < 4.78 is 6.53. The fourth-order valence-corrected chi connectivity index (χ4v) is 4.12. The SMILES string of the molecule is CCOC(=O)c1cnn(-c2cc(C)c3ccccc3n2)c1NC(=O)CCC(=O)c1cccs1. The number of amides is 1. The highest BCUT2D eigenvalue weighted by molar-refractivity contribution is 7.12. The molecule has 4 rings (SSSR count). The molecule has 1 aromatic carbocycles. The highest BCUT2D eigenvalue weighted by Gasteiger charge is 2.23. The number of pyridine rings is 1. The van der Waals surface area contributed by atoms with E-state index < -0.39 is 11.9 Å². The van der Waals surface area contributed by atoms with E-state index in [1.165, 1.54) is 22.2 Å². The summed E-state index contributed by atoms with van der Waals surface area (Å²) in [4.78, 5) is 42.7. The van der Waals surface area contributed by atoms with Crippen LogP contribution in [0.3, 0.4) is 0 Å². The van der Waals surface area contributed by atoms with Crippen LogP contribution < -0.4 is 5.32 Å². The second-order valence-corrected chi connectivity index (χ2v) is 8.25. The van der Waals surface area contributed by atoms with Crippen LogP contribution in [-0.4, -0.2) is 39.0 Å². The standard InChI is InChI=1S/C24H22N4O4S/c1-3-32-24(31)17-14-25-28(21-13-15(2)16-7-4-5-8-18(16)26-21)23(17)27-22(30)11-10-19(29)20-9-6-12-33-20/h4-9,12-14H,3,10-11H2,1-2H3,(H,27,30). The fourth-order valence-electron chi connectivity index (χ4n) is 3.42. The lowest BCUT2D eigenvalue weighted by molar-refractivity contribution is -0.116. The second kappa shape index (κ2) is 9.74. The summed E-state index contributed by atoms with van der Waals surface area (Å²) in [6.45, 7) is 3.84. The molecule has 4 aromatic rings. The number of nitrogens with one attached hydrogen (secondary N) is 1. The third-order valence-corrected chi connectivity index (χ3v) is 5.93. The highest BCUT2D eigenvalue weighted by atomic mass is 32.1. The maximum absolute atomic E-state index is 12.7. The molecule has 0 atom stereocenters. The van der Waals surface area contributed by atoms with Crippen molar-refractivity contribution in [3.63, 3.8) is 0 Å². The van der Waals surface area contributed by atoms with Crippen LogP contribution >= 0.6 is 11.3 Å². The van der Waals surface area contributed by atoms with Crippen molar-refractivity contribution in [2.24, 2.45) is 0 Å². The Morgan fingerprint density at radius 1 is 1.12 bits per heavy atom. The van der Waals surface area contributed by atoms with Crippen LogP contribution in [-0.2, 0) is 9.53 Å². The Hall–Kier alpha value is -3.85. The number of Topliss-reactive ketones (excluding diaryl/α,β-unsaturated/α-hetero) is 1. The minimum atomic E-state index is -0.605. The number of anilines is 1. The normalized spacial score (nSPS) is 10.8. The number of hydrogen-bond acceptors (Lipinski definition) is 7. The van der Waals surface area contributed by atoms with Gasteiger partial charge in [-0.05, 0) is 43.0 Å². The van der Waals surface area contributed by atoms with Crippen LogP contribution in [0.25, 0.3) is 16.7 Å². The Balaban J connectivity index is 1.64. The Labute approximate surface area is 194 Å². The number of thiophene rings is 1. The van der Waals surface area contributed by atoms with Crippen molar-refractivity contribution in [3.8, 4) is 5.82 Å². The molecular weight excluding hydrogens is 440 g/mol. The van der Waals surface area contributed by atoms with Gasteiger partial charge in [-0.15, -0.1) is 11.3 Å².